The molecule has 1 amide bonds. The first-order valence-electron chi connectivity index (χ1n) is 6.37. The number of nitrogens with two attached hydrogens (primary N) is 1. The summed E-state index contributed by atoms with van der Waals surface area (Å²) in [7, 11) is 0. The van der Waals surface area contributed by atoms with E-state index in [-0.39, 0.29) is 17.3 Å². The quantitative estimate of drug-likeness (QED) is 0.730. The molecule has 4 N–H and O–H groups in total. The molecule has 22 heavy (non-hydrogen) atoms. The molecule has 0 fully saturated rings. The average molecular weight is 316 g/mol. The summed E-state index contributed by atoms with van der Waals surface area (Å²) in [4.78, 5) is 30.7. The van der Waals surface area contributed by atoms with Gasteiger partial charge in [0.1, 0.15) is 11.7 Å². The van der Waals surface area contributed by atoms with Crippen molar-refractivity contribution >= 4 is 29.3 Å². The van der Waals surface area contributed by atoms with Crippen LogP contribution in [-0.2, 0) is 4.79 Å². The molecule has 0 bridgehead atoms. The number of nitrogen functional groups attached to an aromatic ring is 1. The highest BCUT2D eigenvalue weighted by molar-refractivity contribution is 6.30. The van der Waals surface area contributed by atoms with Crippen LogP contribution in [-0.4, -0.2) is 15.9 Å². The van der Waals surface area contributed by atoms with Crippen LogP contribution in [0.5, 0.6) is 0 Å². The number of anilines is 2. The lowest BCUT2D eigenvalue weighted by Crippen LogP contribution is -2.38. The lowest BCUT2D eigenvalue weighted by atomic mass is 9.79. The van der Waals surface area contributed by atoms with Crippen LogP contribution in [0.15, 0.2) is 29.1 Å². The Hall–Kier alpha value is -2.85. The number of hydrogen-bond acceptors (Lipinski definition) is 5. The zero-order valence-corrected chi connectivity index (χ0v) is 11.9. The topological polar surface area (TPSA) is 125 Å². The molecular weight excluding hydrogens is 306 g/mol. The van der Waals surface area contributed by atoms with Crippen molar-refractivity contribution < 1.29 is 4.79 Å². The molecule has 2 atom stereocenters. The van der Waals surface area contributed by atoms with Crippen molar-refractivity contribution in [2.45, 2.75) is 5.92 Å². The van der Waals surface area contributed by atoms with Crippen LogP contribution in [0, 0.1) is 17.2 Å². The summed E-state index contributed by atoms with van der Waals surface area (Å²) in [5.41, 5.74) is 5.85. The number of aromatic nitrogens is 2. The van der Waals surface area contributed by atoms with Crippen LogP contribution in [0.1, 0.15) is 17.0 Å². The van der Waals surface area contributed by atoms with E-state index in [2.05, 4.69) is 15.3 Å². The van der Waals surface area contributed by atoms with E-state index in [1.54, 1.807) is 24.3 Å². The third-order valence-electron chi connectivity index (χ3n) is 3.51. The number of carbonyl (C=O) groups is 1. The lowest BCUT2D eigenvalue weighted by Gasteiger charge is -2.28. The van der Waals surface area contributed by atoms with Gasteiger partial charge in [0, 0.05) is 10.9 Å². The second-order valence-electron chi connectivity index (χ2n) is 4.84. The molecule has 1 aromatic heterocycles. The number of aromatic amines is 1. The molecule has 2 aromatic rings. The molecular formula is C14H10ClN5O2. The number of hydrogen-bond donors (Lipinski definition) is 3. The molecule has 1 aromatic carbocycles. The second-order valence-corrected chi connectivity index (χ2v) is 5.28. The van der Waals surface area contributed by atoms with Crippen molar-refractivity contribution in [3.05, 3.63) is 50.8 Å². The molecule has 110 valence electrons. The highest BCUT2D eigenvalue weighted by Crippen LogP contribution is 2.37. The number of benzene rings is 1. The van der Waals surface area contributed by atoms with Gasteiger partial charge in [-0.3, -0.25) is 14.6 Å². The van der Waals surface area contributed by atoms with Crippen molar-refractivity contribution in [3.8, 4) is 6.07 Å². The SMILES string of the molecule is N#C[C@@H]1C(=O)Nc2nc(N)[nH]c(=O)c2[C@H]1c1ccc(Cl)cc1. The molecule has 1 aliphatic heterocycles. The summed E-state index contributed by atoms with van der Waals surface area (Å²) in [6.07, 6.45) is 0. The Kier molecular flexibility index (Phi) is 3.31. The Morgan fingerprint density at radius 2 is 1.95 bits per heavy atom. The van der Waals surface area contributed by atoms with Gasteiger partial charge >= 0.3 is 0 Å². The van der Waals surface area contributed by atoms with Gasteiger partial charge in [-0.1, -0.05) is 23.7 Å². The van der Waals surface area contributed by atoms with Crippen molar-refractivity contribution in [2.75, 3.05) is 11.1 Å². The predicted octanol–water partition coefficient (Wildman–Crippen LogP) is 1.23. The zero-order chi connectivity index (χ0) is 15.9. The number of carbonyl (C=O) groups excluding carboxylic acids is 1. The molecule has 1 aliphatic rings. The van der Waals surface area contributed by atoms with Gasteiger partial charge in [-0.05, 0) is 17.7 Å². The normalized spacial score (nSPS) is 19.9. The van der Waals surface area contributed by atoms with E-state index in [1.165, 1.54) is 0 Å². The van der Waals surface area contributed by atoms with Gasteiger partial charge in [0.2, 0.25) is 11.9 Å². The maximum atomic E-state index is 12.2. The van der Waals surface area contributed by atoms with Gasteiger partial charge in [-0.15, -0.1) is 0 Å². The Balaban J connectivity index is 2.26. The van der Waals surface area contributed by atoms with E-state index in [9.17, 15) is 14.9 Å². The molecule has 3 rings (SSSR count). The van der Waals surface area contributed by atoms with Crippen LogP contribution in [0.4, 0.5) is 11.8 Å². The summed E-state index contributed by atoms with van der Waals surface area (Å²) in [6, 6.07) is 8.57. The first-order chi connectivity index (χ1) is 10.5. The van der Waals surface area contributed by atoms with Crippen molar-refractivity contribution in [1.29, 1.82) is 5.26 Å². The Labute approximate surface area is 129 Å². The predicted molar refractivity (Wildman–Crippen MR) is 80.3 cm³/mol. The minimum Gasteiger partial charge on any atom is -0.369 e. The number of amides is 1. The van der Waals surface area contributed by atoms with E-state index >= 15 is 0 Å². The number of H-pyrrole nitrogens is 1. The zero-order valence-electron chi connectivity index (χ0n) is 11.1. The molecule has 0 radical (unpaired) electrons. The molecule has 0 aliphatic carbocycles. The van der Waals surface area contributed by atoms with E-state index in [4.69, 9.17) is 17.3 Å². The van der Waals surface area contributed by atoms with Crippen molar-refractivity contribution in [3.63, 3.8) is 0 Å². The van der Waals surface area contributed by atoms with Crippen LogP contribution in [0.3, 0.4) is 0 Å². The maximum Gasteiger partial charge on any atom is 0.258 e. The minimum atomic E-state index is -1.04. The van der Waals surface area contributed by atoms with Gasteiger partial charge in [-0.25, -0.2) is 0 Å². The van der Waals surface area contributed by atoms with Gasteiger partial charge in [0.05, 0.1) is 11.6 Å². The summed E-state index contributed by atoms with van der Waals surface area (Å²) >= 11 is 5.86. The van der Waals surface area contributed by atoms with E-state index in [0.717, 1.165) is 0 Å². The van der Waals surface area contributed by atoms with Gasteiger partial charge in [-0.2, -0.15) is 10.2 Å². The van der Waals surface area contributed by atoms with E-state index in [1.807, 2.05) is 6.07 Å². The first-order valence-corrected chi connectivity index (χ1v) is 6.74. The van der Waals surface area contributed by atoms with Gasteiger partial charge < -0.3 is 11.1 Å². The Morgan fingerprint density at radius 3 is 2.59 bits per heavy atom. The molecule has 0 saturated heterocycles. The van der Waals surface area contributed by atoms with Gasteiger partial charge in [0.15, 0.2) is 0 Å². The van der Waals surface area contributed by atoms with E-state index < -0.39 is 23.3 Å². The third kappa shape index (κ3) is 2.19. The molecule has 8 heteroatoms. The van der Waals surface area contributed by atoms with Crippen molar-refractivity contribution in [1.82, 2.24) is 9.97 Å². The maximum absolute atomic E-state index is 12.2. The Morgan fingerprint density at radius 1 is 1.27 bits per heavy atom. The molecule has 2 heterocycles. The average Bonchev–Trinajstić information content (AvgIpc) is 2.46. The van der Waals surface area contributed by atoms with Crippen LogP contribution in [0.2, 0.25) is 5.02 Å². The summed E-state index contributed by atoms with van der Waals surface area (Å²) < 4.78 is 0. The number of nitrogens with one attached hydrogen (secondary N) is 2. The molecule has 7 nitrogen and oxygen atoms in total. The number of nitrogens with zero attached hydrogens (tertiary/aromatic N) is 2. The van der Waals surface area contributed by atoms with Crippen LogP contribution >= 0.6 is 11.6 Å². The molecule has 0 saturated carbocycles. The summed E-state index contributed by atoms with van der Waals surface area (Å²) in [5, 5.41) is 12.3. The number of nitriles is 1. The second kappa shape index (κ2) is 5.16. The largest absolute Gasteiger partial charge is 0.369 e. The van der Waals surface area contributed by atoms with Gasteiger partial charge in [0.25, 0.3) is 5.56 Å². The monoisotopic (exact) mass is 315 g/mol. The standard InChI is InChI=1S/C14H10ClN5O2/c15-7-3-1-6(2-4-7)9-8(5-16)12(21)18-11-10(9)13(22)20-14(17)19-11/h1-4,8-9H,(H4,17,18,19,20,21,22)/t8-,9-/m0/s1. The smallest absolute Gasteiger partial charge is 0.258 e. The fourth-order valence-corrected chi connectivity index (χ4v) is 2.68. The summed E-state index contributed by atoms with van der Waals surface area (Å²) in [5.74, 6) is -2.32. The summed E-state index contributed by atoms with van der Waals surface area (Å²) in [6.45, 7) is 0. The first kappa shape index (κ1) is 14.1. The van der Waals surface area contributed by atoms with Crippen molar-refractivity contribution in [2.24, 2.45) is 5.92 Å². The minimum absolute atomic E-state index is 0.0812. The van der Waals surface area contributed by atoms with E-state index in [0.29, 0.717) is 10.6 Å². The highest BCUT2D eigenvalue weighted by Gasteiger charge is 2.40. The highest BCUT2D eigenvalue weighted by atomic mass is 35.5. The fraction of sp³-hybridized carbons (Fsp3) is 0.143. The molecule has 0 unspecified atom stereocenters. The fourth-order valence-electron chi connectivity index (χ4n) is 2.56. The Bertz CT molecular complexity index is 853. The van der Waals surface area contributed by atoms with Crippen LogP contribution < -0.4 is 16.6 Å². The number of fused-ring (bicyclic) bond motifs is 1. The lowest BCUT2D eigenvalue weighted by molar-refractivity contribution is -0.119. The van der Waals surface area contributed by atoms with Crippen LogP contribution in [0.25, 0.3) is 0 Å². The molecule has 0 spiro atoms. The number of halogens is 1. The number of rotatable bonds is 1. The third-order valence-corrected chi connectivity index (χ3v) is 3.76.